The van der Waals surface area contributed by atoms with Gasteiger partial charge < -0.3 is 10.1 Å². The number of ether oxygens (including phenoxy) is 1. The van der Waals surface area contributed by atoms with Gasteiger partial charge in [-0.15, -0.1) is 0 Å². The Morgan fingerprint density at radius 3 is 2.77 bits per heavy atom. The van der Waals surface area contributed by atoms with E-state index < -0.39 is 0 Å². The Kier molecular flexibility index (Phi) is 2.79. The molecule has 0 saturated heterocycles. The summed E-state index contributed by atoms with van der Waals surface area (Å²) in [4.78, 5) is 19.0. The Balaban J connectivity index is 3.08. The zero-order chi connectivity index (χ0) is 9.84. The summed E-state index contributed by atoms with van der Waals surface area (Å²) < 4.78 is 4.83. The molecule has 13 heavy (non-hydrogen) atoms. The summed E-state index contributed by atoms with van der Waals surface area (Å²) in [7, 11) is 3.01. The zero-order valence-electron chi connectivity index (χ0n) is 7.79. The van der Waals surface area contributed by atoms with E-state index in [1.807, 2.05) is 0 Å². The van der Waals surface area contributed by atoms with Crippen molar-refractivity contribution < 1.29 is 9.53 Å². The molecule has 0 saturated carbocycles. The SMILES string of the molecule is CNC(=O)c1cc(C)nc(OC)n1. The molecule has 1 heterocycles. The van der Waals surface area contributed by atoms with Crippen molar-refractivity contribution in [2.24, 2.45) is 0 Å². The quantitative estimate of drug-likeness (QED) is 0.705. The maximum absolute atomic E-state index is 11.2. The fraction of sp³-hybridized carbons (Fsp3) is 0.375. The van der Waals surface area contributed by atoms with Crippen LogP contribution in [0.2, 0.25) is 0 Å². The Morgan fingerprint density at radius 2 is 2.23 bits per heavy atom. The van der Waals surface area contributed by atoms with Crippen LogP contribution in [-0.4, -0.2) is 30.0 Å². The smallest absolute Gasteiger partial charge is 0.317 e. The number of rotatable bonds is 2. The van der Waals surface area contributed by atoms with E-state index in [9.17, 15) is 4.79 Å². The van der Waals surface area contributed by atoms with Gasteiger partial charge >= 0.3 is 6.01 Å². The summed E-state index contributed by atoms with van der Waals surface area (Å²) in [6.07, 6.45) is 0. The van der Waals surface area contributed by atoms with E-state index in [2.05, 4.69) is 15.3 Å². The second-order valence-electron chi connectivity index (χ2n) is 2.46. The molecule has 1 rings (SSSR count). The number of methoxy groups -OCH3 is 1. The first-order chi connectivity index (χ1) is 6.17. The average molecular weight is 181 g/mol. The van der Waals surface area contributed by atoms with Crippen molar-refractivity contribution in [3.8, 4) is 6.01 Å². The van der Waals surface area contributed by atoms with Crippen LogP contribution in [0.1, 0.15) is 16.2 Å². The van der Waals surface area contributed by atoms with Crippen molar-refractivity contribution in [3.63, 3.8) is 0 Å². The third-order valence-electron chi connectivity index (χ3n) is 1.48. The first kappa shape index (κ1) is 9.44. The molecule has 1 N–H and O–H groups in total. The average Bonchev–Trinajstić information content (AvgIpc) is 2.15. The van der Waals surface area contributed by atoms with Crippen molar-refractivity contribution in [2.75, 3.05) is 14.2 Å². The summed E-state index contributed by atoms with van der Waals surface area (Å²) in [6.45, 7) is 1.77. The van der Waals surface area contributed by atoms with E-state index in [4.69, 9.17) is 4.74 Å². The van der Waals surface area contributed by atoms with Crippen molar-refractivity contribution in [2.45, 2.75) is 6.92 Å². The molecule has 70 valence electrons. The molecule has 0 aliphatic rings. The minimum Gasteiger partial charge on any atom is -0.467 e. The lowest BCUT2D eigenvalue weighted by atomic mass is 10.3. The Bertz CT molecular complexity index is 325. The van der Waals surface area contributed by atoms with Gasteiger partial charge in [-0.1, -0.05) is 0 Å². The van der Waals surface area contributed by atoms with Gasteiger partial charge in [0, 0.05) is 12.7 Å². The number of carbonyl (C=O) groups excluding carboxylic acids is 1. The number of nitrogens with zero attached hydrogens (tertiary/aromatic N) is 2. The van der Waals surface area contributed by atoms with Gasteiger partial charge in [0.1, 0.15) is 5.69 Å². The van der Waals surface area contributed by atoms with E-state index in [0.29, 0.717) is 11.4 Å². The number of amides is 1. The highest BCUT2D eigenvalue weighted by molar-refractivity contribution is 5.92. The van der Waals surface area contributed by atoms with Gasteiger partial charge in [-0.3, -0.25) is 4.79 Å². The maximum atomic E-state index is 11.2. The number of nitrogens with one attached hydrogen (secondary N) is 1. The van der Waals surface area contributed by atoms with Crippen LogP contribution in [0.3, 0.4) is 0 Å². The van der Waals surface area contributed by atoms with Gasteiger partial charge in [-0.2, -0.15) is 4.98 Å². The van der Waals surface area contributed by atoms with Crippen molar-refractivity contribution >= 4 is 5.91 Å². The highest BCUT2D eigenvalue weighted by atomic mass is 16.5. The predicted molar refractivity (Wildman–Crippen MR) is 46.7 cm³/mol. The minimum atomic E-state index is -0.246. The molecule has 0 atom stereocenters. The lowest BCUT2D eigenvalue weighted by molar-refractivity contribution is 0.0957. The van der Waals surface area contributed by atoms with Crippen LogP contribution < -0.4 is 10.1 Å². The van der Waals surface area contributed by atoms with Gasteiger partial charge in [0.15, 0.2) is 0 Å². The van der Waals surface area contributed by atoms with Crippen LogP contribution in [0.5, 0.6) is 6.01 Å². The molecule has 1 aromatic rings. The number of hydrogen-bond donors (Lipinski definition) is 1. The number of carbonyl (C=O) groups is 1. The van der Waals surface area contributed by atoms with Crippen LogP contribution >= 0.6 is 0 Å². The second kappa shape index (κ2) is 3.84. The molecular weight excluding hydrogens is 170 g/mol. The number of hydrogen-bond acceptors (Lipinski definition) is 4. The van der Waals surface area contributed by atoms with Gasteiger partial charge in [0.2, 0.25) is 0 Å². The highest BCUT2D eigenvalue weighted by Crippen LogP contribution is 2.05. The molecule has 0 aliphatic heterocycles. The van der Waals surface area contributed by atoms with E-state index in [-0.39, 0.29) is 11.9 Å². The van der Waals surface area contributed by atoms with Crippen LogP contribution in [0.15, 0.2) is 6.07 Å². The molecule has 5 heteroatoms. The molecule has 5 nitrogen and oxygen atoms in total. The summed E-state index contributed by atoms with van der Waals surface area (Å²) in [5.74, 6) is -0.246. The largest absolute Gasteiger partial charge is 0.467 e. The zero-order valence-corrected chi connectivity index (χ0v) is 7.79. The Hall–Kier alpha value is -1.65. The third kappa shape index (κ3) is 2.14. The second-order valence-corrected chi connectivity index (χ2v) is 2.46. The Morgan fingerprint density at radius 1 is 1.54 bits per heavy atom. The van der Waals surface area contributed by atoms with Crippen LogP contribution in [0, 0.1) is 6.92 Å². The van der Waals surface area contributed by atoms with E-state index in [1.54, 1.807) is 20.0 Å². The van der Waals surface area contributed by atoms with E-state index in [0.717, 1.165) is 0 Å². The molecule has 1 amide bonds. The number of aryl methyl sites for hydroxylation is 1. The summed E-state index contributed by atoms with van der Waals surface area (Å²) in [6, 6.07) is 1.81. The van der Waals surface area contributed by atoms with Crippen LogP contribution in [-0.2, 0) is 0 Å². The fourth-order valence-corrected chi connectivity index (χ4v) is 0.877. The molecular formula is C8H11N3O2. The lowest BCUT2D eigenvalue weighted by Crippen LogP contribution is -2.19. The minimum absolute atomic E-state index is 0.207. The summed E-state index contributed by atoms with van der Waals surface area (Å²) >= 11 is 0. The molecule has 0 aliphatic carbocycles. The van der Waals surface area contributed by atoms with Crippen molar-refractivity contribution in [1.82, 2.24) is 15.3 Å². The molecule has 0 aromatic carbocycles. The first-order valence-electron chi connectivity index (χ1n) is 3.79. The topological polar surface area (TPSA) is 64.1 Å². The molecule has 0 spiro atoms. The maximum Gasteiger partial charge on any atom is 0.317 e. The summed E-state index contributed by atoms with van der Waals surface area (Å²) in [5, 5.41) is 2.48. The molecule has 0 unspecified atom stereocenters. The van der Waals surface area contributed by atoms with Crippen molar-refractivity contribution in [1.29, 1.82) is 0 Å². The van der Waals surface area contributed by atoms with E-state index >= 15 is 0 Å². The standard InChI is InChI=1S/C8H11N3O2/c1-5-4-6(7(12)9-2)11-8(10-5)13-3/h4H,1-3H3,(H,9,12). The van der Waals surface area contributed by atoms with E-state index in [1.165, 1.54) is 7.11 Å². The van der Waals surface area contributed by atoms with Gasteiger partial charge in [-0.05, 0) is 13.0 Å². The van der Waals surface area contributed by atoms with Gasteiger partial charge in [-0.25, -0.2) is 4.98 Å². The fourth-order valence-electron chi connectivity index (χ4n) is 0.877. The van der Waals surface area contributed by atoms with Crippen LogP contribution in [0.4, 0.5) is 0 Å². The highest BCUT2D eigenvalue weighted by Gasteiger charge is 2.08. The normalized spacial score (nSPS) is 9.46. The molecule has 0 fully saturated rings. The van der Waals surface area contributed by atoms with Gasteiger partial charge in [0.25, 0.3) is 5.91 Å². The molecule has 0 radical (unpaired) electrons. The summed E-state index contributed by atoms with van der Waals surface area (Å²) in [5.41, 5.74) is 1.01. The van der Waals surface area contributed by atoms with Gasteiger partial charge in [0.05, 0.1) is 7.11 Å². The molecule has 1 aromatic heterocycles. The first-order valence-corrected chi connectivity index (χ1v) is 3.79. The Labute approximate surface area is 76.2 Å². The monoisotopic (exact) mass is 181 g/mol. The lowest BCUT2D eigenvalue weighted by Gasteiger charge is -2.02. The van der Waals surface area contributed by atoms with Crippen LogP contribution in [0.25, 0.3) is 0 Å². The molecule has 0 bridgehead atoms. The third-order valence-corrected chi connectivity index (χ3v) is 1.48. The predicted octanol–water partition coefficient (Wildman–Crippen LogP) is 0.153. The van der Waals surface area contributed by atoms with Crippen molar-refractivity contribution in [3.05, 3.63) is 17.5 Å². The number of aromatic nitrogens is 2.